The highest BCUT2D eigenvalue weighted by atomic mass is 19.1. The van der Waals surface area contributed by atoms with Gasteiger partial charge in [0.25, 0.3) is 11.8 Å². The molecule has 0 radical (unpaired) electrons. The van der Waals surface area contributed by atoms with Crippen LogP contribution < -0.4 is 5.32 Å². The fraction of sp³-hybridized carbons (Fsp3) is 0.192. The van der Waals surface area contributed by atoms with Gasteiger partial charge in [0.1, 0.15) is 17.2 Å². The first-order chi connectivity index (χ1) is 15.8. The van der Waals surface area contributed by atoms with Gasteiger partial charge in [-0.2, -0.15) is 0 Å². The third-order valence-corrected chi connectivity index (χ3v) is 6.15. The Balaban J connectivity index is 1.70. The standard InChI is InChI=1S/C26H22F2N2O3/c1-3-26(2,30-23(31)20-6-4-5-7-21(20)24(30)32)25(33)29-22(16-8-12-18(27)13-9-16)17-10-14-19(28)15-11-17/h4-15,22H,3H2,1-2H3,(H,29,33). The van der Waals surface area contributed by atoms with Crippen molar-refractivity contribution >= 4 is 17.7 Å². The summed E-state index contributed by atoms with van der Waals surface area (Å²) in [6.45, 7) is 3.25. The highest BCUT2D eigenvalue weighted by Crippen LogP contribution is 2.33. The molecule has 0 aromatic heterocycles. The lowest BCUT2D eigenvalue weighted by molar-refractivity contribution is -0.130. The van der Waals surface area contributed by atoms with Crippen LogP contribution in [0.5, 0.6) is 0 Å². The number of carbonyl (C=O) groups excluding carboxylic acids is 3. The SMILES string of the molecule is CCC(C)(C(=O)NC(c1ccc(F)cc1)c1ccc(F)cc1)N1C(=O)c2ccccc2C1=O. The smallest absolute Gasteiger partial charge is 0.262 e. The number of hydrogen-bond acceptors (Lipinski definition) is 3. The van der Waals surface area contributed by atoms with Crippen LogP contribution in [0.25, 0.3) is 0 Å². The second kappa shape index (κ2) is 8.58. The summed E-state index contributed by atoms with van der Waals surface area (Å²) >= 11 is 0. The number of hydrogen-bond donors (Lipinski definition) is 1. The third-order valence-electron chi connectivity index (χ3n) is 6.15. The number of imide groups is 1. The Bertz CT molecular complexity index is 1140. The molecule has 1 N–H and O–H groups in total. The summed E-state index contributed by atoms with van der Waals surface area (Å²) in [5, 5.41) is 2.89. The van der Waals surface area contributed by atoms with Crippen molar-refractivity contribution in [2.24, 2.45) is 0 Å². The van der Waals surface area contributed by atoms with Gasteiger partial charge in [0, 0.05) is 0 Å². The molecular formula is C26H22F2N2O3. The minimum atomic E-state index is -1.48. The van der Waals surface area contributed by atoms with Crippen molar-refractivity contribution in [1.29, 1.82) is 0 Å². The monoisotopic (exact) mass is 448 g/mol. The Hall–Kier alpha value is -3.87. The summed E-state index contributed by atoms with van der Waals surface area (Å²) in [6, 6.07) is 16.8. The largest absolute Gasteiger partial charge is 0.343 e. The Morgan fingerprint density at radius 3 is 1.67 bits per heavy atom. The molecule has 0 bridgehead atoms. The zero-order valence-electron chi connectivity index (χ0n) is 18.1. The lowest BCUT2D eigenvalue weighted by Gasteiger charge is -2.36. The van der Waals surface area contributed by atoms with Gasteiger partial charge in [0.05, 0.1) is 17.2 Å². The van der Waals surface area contributed by atoms with Crippen LogP contribution in [0.2, 0.25) is 0 Å². The predicted octanol–water partition coefficient (Wildman–Crippen LogP) is 4.64. The minimum absolute atomic E-state index is 0.170. The van der Waals surface area contributed by atoms with E-state index in [1.807, 2.05) is 0 Å². The van der Waals surface area contributed by atoms with Gasteiger partial charge in [0.15, 0.2) is 0 Å². The Labute approximate surface area is 190 Å². The molecule has 0 aliphatic carbocycles. The highest BCUT2D eigenvalue weighted by molar-refractivity contribution is 6.23. The van der Waals surface area contributed by atoms with Gasteiger partial charge in [-0.3, -0.25) is 19.3 Å². The molecule has 1 aliphatic heterocycles. The van der Waals surface area contributed by atoms with Crippen LogP contribution in [0, 0.1) is 11.6 Å². The molecule has 1 atom stereocenters. The molecule has 33 heavy (non-hydrogen) atoms. The number of amides is 3. The molecule has 0 spiro atoms. The maximum atomic E-state index is 13.6. The predicted molar refractivity (Wildman–Crippen MR) is 118 cm³/mol. The molecule has 4 rings (SSSR count). The Morgan fingerprint density at radius 2 is 1.27 bits per heavy atom. The van der Waals surface area contributed by atoms with Gasteiger partial charge in [0.2, 0.25) is 5.91 Å². The van der Waals surface area contributed by atoms with Crippen LogP contribution >= 0.6 is 0 Å². The first-order valence-corrected chi connectivity index (χ1v) is 10.6. The van der Waals surface area contributed by atoms with Gasteiger partial charge in [-0.25, -0.2) is 8.78 Å². The summed E-state index contributed by atoms with van der Waals surface area (Å²) in [6.07, 6.45) is 0.170. The van der Waals surface area contributed by atoms with Crippen LogP contribution in [0.15, 0.2) is 72.8 Å². The van der Waals surface area contributed by atoms with Crippen LogP contribution in [-0.2, 0) is 4.79 Å². The number of benzene rings is 3. The number of nitrogens with zero attached hydrogens (tertiary/aromatic N) is 1. The lowest BCUT2D eigenvalue weighted by atomic mass is 9.92. The Kier molecular flexibility index (Phi) is 5.80. The molecule has 1 heterocycles. The van der Waals surface area contributed by atoms with Crippen molar-refractivity contribution in [3.63, 3.8) is 0 Å². The molecule has 1 unspecified atom stereocenters. The number of nitrogens with one attached hydrogen (secondary N) is 1. The van der Waals surface area contributed by atoms with Gasteiger partial charge < -0.3 is 5.32 Å². The van der Waals surface area contributed by atoms with E-state index in [2.05, 4.69) is 5.32 Å². The van der Waals surface area contributed by atoms with Gasteiger partial charge in [-0.05, 0) is 60.9 Å². The van der Waals surface area contributed by atoms with Gasteiger partial charge in [-0.1, -0.05) is 43.3 Å². The molecule has 0 saturated heterocycles. The Morgan fingerprint density at radius 1 is 0.848 bits per heavy atom. The first kappa shape index (κ1) is 22.3. The minimum Gasteiger partial charge on any atom is -0.343 e. The van der Waals surface area contributed by atoms with E-state index in [0.717, 1.165) is 4.90 Å². The lowest BCUT2D eigenvalue weighted by Crippen LogP contribution is -2.59. The zero-order valence-corrected chi connectivity index (χ0v) is 18.1. The number of fused-ring (bicyclic) bond motifs is 1. The van der Waals surface area contributed by atoms with E-state index >= 15 is 0 Å². The fourth-order valence-corrected chi connectivity index (χ4v) is 4.01. The quantitative estimate of drug-likeness (QED) is 0.559. The number of halogens is 2. The summed E-state index contributed by atoms with van der Waals surface area (Å²) in [5.41, 5.74) is 0.160. The number of rotatable bonds is 6. The average molecular weight is 448 g/mol. The van der Waals surface area contributed by atoms with E-state index in [1.54, 1.807) is 31.2 Å². The van der Waals surface area contributed by atoms with E-state index in [0.29, 0.717) is 11.1 Å². The van der Waals surface area contributed by atoms with E-state index in [9.17, 15) is 23.2 Å². The third kappa shape index (κ3) is 3.91. The van der Waals surface area contributed by atoms with Gasteiger partial charge in [-0.15, -0.1) is 0 Å². The van der Waals surface area contributed by atoms with Crippen molar-refractivity contribution in [1.82, 2.24) is 10.2 Å². The van der Waals surface area contributed by atoms with Crippen LogP contribution in [0.3, 0.4) is 0 Å². The van der Waals surface area contributed by atoms with Crippen molar-refractivity contribution in [3.8, 4) is 0 Å². The molecule has 3 aromatic carbocycles. The molecule has 0 fully saturated rings. The van der Waals surface area contributed by atoms with Crippen LogP contribution in [-0.4, -0.2) is 28.2 Å². The van der Waals surface area contributed by atoms with Crippen molar-refractivity contribution in [2.75, 3.05) is 0 Å². The van der Waals surface area contributed by atoms with Crippen LogP contribution in [0.1, 0.15) is 58.2 Å². The zero-order chi connectivity index (χ0) is 23.8. The first-order valence-electron chi connectivity index (χ1n) is 10.6. The molecule has 3 aromatic rings. The van der Waals surface area contributed by atoms with E-state index in [4.69, 9.17) is 0 Å². The molecule has 7 heteroatoms. The highest BCUT2D eigenvalue weighted by Gasteiger charge is 2.50. The molecule has 0 saturated carbocycles. The van der Waals surface area contributed by atoms with E-state index < -0.39 is 40.9 Å². The van der Waals surface area contributed by atoms with Crippen molar-refractivity contribution in [3.05, 3.63) is 107 Å². The topological polar surface area (TPSA) is 66.5 Å². The molecule has 168 valence electrons. The average Bonchev–Trinajstić information content (AvgIpc) is 3.09. The summed E-state index contributed by atoms with van der Waals surface area (Å²) in [5.74, 6) is -2.50. The van der Waals surface area contributed by atoms with Gasteiger partial charge >= 0.3 is 0 Å². The summed E-state index contributed by atoms with van der Waals surface area (Å²) in [7, 11) is 0. The molecular weight excluding hydrogens is 426 g/mol. The van der Waals surface area contributed by atoms with E-state index in [1.165, 1.54) is 55.5 Å². The normalized spacial score (nSPS) is 14.9. The van der Waals surface area contributed by atoms with E-state index in [-0.39, 0.29) is 17.5 Å². The van der Waals surface area contributed by atoms with Crippen LogP contribution in [0.4, 0.5) is 8.78 Å². The van der Waals surface area contributed by atoms with Crippen molar-refractivity contribution in [2.45, 2.75) is 31.8 Å². The molecule has 1 aliphatic rings. The molecule has 5 nitrogen and oxygen atoms in total. The van der Waals surface area contributed by atoms with Crippen molar-refractivity contribution < 1.29 is 23.2 Å². The number of carbonyl (C=O) groups is 3. The fourth-order valence-electron chi connectivity index (χ4n) is 4.01. The second-order valence-electron chi connectivity index (χ2n) is 8.13. The maximum Gasteiger partial charge on any atom is 0.262 e. The summed E-state index contributed by atoms with van der Waals surface area (Å²) < 4.78 is 27.0. The molecule has 3 amide bonds. The maximum absolute atomic E-state index is 13.6. The summed E-state index contributed by atoms with van der Waals surface area (Å²) in [4.78, 5) is 40.7. The second-order valence-corrected chi connectivity index (χ2v) is 8.13.